The monoisotopic (exact) mass is 216 g/mol. The smallest absolute Gasteiger partial charge is 0.309 e. The highest BCUT2D eigenvalue weighted by Crippen LogP contribution is 1.92. The molecule has 15 heavy (non-hydrogen) atoms. The summed E-state index contributed by atoms with van der Waals surface area (Å²) in [5.41, 5.74) is 17.0. The average Bonchev–Trinajstić information content (AvgIpc) is 2.52. The van der Waals surface area contributed by atoms with Gasteiger partial charge in [-0.15, -0.1) is 0 Å². The Morgan fingerprint density at radius 1 is 1.13 bits per heavy atom. The van der Waals surface area contributed by atoms with Crippen molar-refractivity contribution in [1.29, 1.82) is 0 Å². The Hall–Kier alpha value is -2.51. The first kappa shape index (κ1) is 15.0. The number of carbonyl (C=O) groups is 3. The molecule has 84 valence electrons. The molecule has 0 aromatic carbocycles. The molecule has 0 unspecified atom stereocenters. The largest absolute Gasteiger partial charge is 0.462 e. The Morgan fingerprint density at radius 2 is 1.53 bits per heavy atom. The summed E-state index contributed by atoms with van der Waals surface area (Å²) in [6.07, 6.45) is 2.13. The Kier molecular flexibility index (Phi) is 9.57. The van der Waals surface area contributed by atoms with E-state index in [4.69, 9.17) is 9.59 Å². The van der Waals surface area contributed by atoms with E-state index in [1.165, 1.54) is 6.26 Å². The SMILES string of the molecule is NC(N)=O.NC(N)=O.O=Cc1ccco1. The van der Waals surface area contributed by atoms with Crippen LogP contribution in [0.15, 0.2) is 22.8 Å². The van der Waals surface area contributed by atoms with Crippen LogP contribution in [0.5, 0.6) is 0 Å². The van der Waals surface area contributed by atoms with Crippen LogP contribution >= 0.6 is 0 Å². The standard InChI is InChI=1S/C5H4O2.2CH4N2O/c6-4-5-2-1-3-7-5;2*2-1(3)4/h1-4H;2*(H4,2,3,4). The molecule has 8 heteroatoms. The number of furan rings is 1. The second-order valence-electron chi connectivity index (χ2n) is 1.94. The van der Waals surface area contributed by atoms with Gasteiger partial charge in [-0.1, -0.05) is 0 Å². The van der Waals surface area contributed by atoms with Crippen LogP contribution in [0, 0.1) is 0 Å². The molecule has 0 saturated carbocycles. The van der Waals surface area contributed by atoms with Crippen molar-refractivity contribution in [1.82, 2.24) is 0 Å². The van der Waals surface area contributed by atoms with Gasteiger partial charge in [0.1, 0.15) is 0 Å². The number of amides is 4. The van der Waals surface area contributed by atoms with Crippen molar-refractivity contribution in [2.45, 2.75) is 0 Å². The van der Waals surface area contributed by atoms with E-state index in [-0.39, 0.29) is 0 Å². The zero-order valence-corrected chi connectivity index (χ0v) is 7.75. The van der Waals surface area contributed by atoms with Crippen molar-refractivity contribution in [2.75, 3.05) is 0 Å². The summed E-state index contributed by atoms with van der Waals surface area (Å²) in [5, 5.41) is 0. The first-order valence-corrected chi connectivity index (χ1v) is 3.48. The predicted octanol–water partition coefficient (Wildman–Crippen LogP) is -0.860. The highest BCUT2D eigenvalue weighted by Gasteiger charge is 1.84. The highest BCUT2D eigenvalue weighted by atomic mass is 16.3. The molecular formula is C7H12N4O4. The molecule has 1 aromatic rings. The van der Waals surface area contributed by atoms with Gasteiger partial charge in [0.05, 0.1) is 6.26 Å². The van der Waals surface area contributed by atoms with Gasteiger partial charge in [-0.05, 0) is 12.1 Å². The molecule has 1 aromatic heterocycles. The van der Waals surface area contributed by atoms with Crippen LogP contribution in [0.3, 0.4) is 0 Å². The zero-order chi connectivity index (χ0) is 12.3. The first-order valence-electron chi connectivity index (χ1n) is 3.48. The average molecular weight is 216 g/mol. The quantitative estimate of drug-likeness (QED) is 0.448. The Bertz CT molecular complexity index is 276. The lowest BCUT2D eigenvalue weighted by molar-refractivity contribution is 0.110. The number of urea groups is 2. The van der Waals surface area contributed by atoms with Crippen LogP contribution in [0.25, 0.3) is 0 Å². The minimum atomic E-state index is -0.833. The normalized spacial score (nSPS) is 7.20. The second-order valence-corrected chi connectivity index (χ2v) is 1.94. The maximum Gasteiger partial charge on any atom is 0.309 e. The molecular weight excluding hydrogens is 204 g/mol. The predicted molar refractivity (Wildman–Crippen MR) is 51.6 cm³/mol. The number of hydrogen-bond acceptors (Lipinski definition) is 4. The van der Waals surface area contributed by atoms with Gasteiger partial charge in [0.25, 0.3) is 0 Å². The van der Waals surface area contributed by atoms with Crippen LogP contribution in [0.4, 0.5) is 9.59 Å². The molecule has 0 aliphatic heterocycles. The summed E-state index contributed by atoms with van der Waals surface area (Å²) in [7, 11) is 0. The Morgan fingerprint density at radius 3 is 1.67 bits per heavy atom. The van der Waals surface area contributed by atoms with E-state index in [2.05, 4.69) is 27.4 Å². The molecule has 0 aliphatic carbocycles. The van der Waals surface area contributed by atoms with Gasteiger partial charge in [0, 0.05) is 0 Å². The van der Waals surface area contributed by atoms with Crippen molar-refractivity contribution in [2.24, 2.45) is 22.9 Å². The number of aldehydes is 1. The summed E-state index contributed by atoms with van der Waals surface area (Å²) in [6.45, 7) is 0. The van der Waals surface area contributed by atoms with Gasteiger partial charge < -0.3 is 27.4 Å². The third-order valence-electron chi connectivity index (χ3n) is 0.659. The summed E-state index contributed by atoms with van der Waals surface area (Å²) in [4.78, 5) is 27.8. The fourth-order valence-electron chi connectivity index (χ4n) is 0.358. The number of primary amides is 4. The third kappa shape index (κ3) is 24.6. The Labute approximate surface area is 85.2 Å². The minimum Gasteiger partial charge on any atom is -0.462 e. The summed E-state index contributed by atoms with van der Waals surface area (Å²) in [5.74, 6) is 0.375. The van der Waals surface area contributed by atoms with E-state index in [0.717, 1.165) is 0 Å². The number of carbonyl (C=O) groups excluding carboxylic acids is 3. The lowest BCUT2D eigenvalue weighted by atomic mass is 10.5. The molecule has 1 heterocycles. The Balaban J connectivity index is 0. The second kappa shape index (κ2) is 9.58. The summed E-state index contributed by atoms with van der Waals surface area (Å²) < 4.78 is 4.61. The van der Waals surface area contributed by atoms with E-state index in [1.54, 1.807) is 12.1 Å². The van der Waals surface area contributed by atoms with Crippen molar-refractivity contribution >= 4 is 18.3 Å². The molecule has 0 radical (unpaired) electrons. The summed E-state index contributed by atoms with van der Waals surface area (Å²) in [6, 6.07) is 1.61. The van der Waals surface area contributed by atoms with Crippen LogP contribution in [0.2, 0.25) is 0 Å². The molecule has 0 bridgehead atoms. The molecule has 1 rings (SSSR count). The van der Waals surface area contributed by atoms with E-state index < -0.39 is 12.1 Å². The maximum absolute atomic E-state index is 9.77. The van der Waals surface area contributed by atoms with Gasteiger partial charge in [0.15, 0.2) is 12.0 Å². The lowest BCUT2D eigenvalue weighted by Crippen LogP contribution is -2.18. The number of nitrogens with two attached hydrogens (primary N) is 4. The number of rotatable bonds is 1. The van der Waals surface area contributed by atoms with Gasteiger partial charge in [-0.2, -0.15) is 0 Å². The molecule has 8 N–H and O–H groups in total. The van der Waals surface area contributed by atoms with Gasteiger partial charge in [0.2, 0.25) is 0 Å². The van der Waals surface area contributed by atoms with Crippen molar-refractivity contribution in [3.05, 3.63) is 24.2 Å². The number of hydrogen-bond donors (Lipinski definition) is 4. The van der Waals surface area contributed by atoms with Crippen molar-refractivity contribution in [3.63, 3.8) is 0 Å². The van der Waals surface area contributed by atoms with Crippen LogP contribution in [0.1, 0.15) is 10.6 Å². The van der Waals surface area contributed by atoms with Gasteiger partial charge in [-0.3, -0.25) is 4.79 Å². The molecule has 0 aliphatic rings. The van der Waals surface area contributed by atoms with Gasteiger partial charge in [-0.25, -0.2) is 9.59 Å². The first-order chi connectivity index (χ1) is 6.90. The fourth-order valence-corrected chi connectivity index (χ4v) is 0.358. The van der Waals surface area contributed by atoms with Gasteiger partial charge >= 0.3 is 12.1 Å². The fraction of sp³-hybridized carbons (Fsp3) is 0. The van der Waals surface area contributed by atoms with E-state index in [9.17, 15) is 4.79 Å². The van der Waals surface area contributed by atoms with E-state index in [1.807, 2.05) is 0 Å². The molecule has 0 fully saturated rings. The molecule has 0 atom stereocenters. The third-order valence-corrected chi connectivity index (χ3v) is 0.659. The van der Waals surface area contributed by atoms with Crippen LogP contribution in [-0.2, 0) is 0 Å². The molecule has 4 amide bonds. The van der Waals surface area contributed by atoms with Crippen LogP contribution in [-0.4, -0.2) is 18.3 Å². The van der Waals surface area contributed by atoms with Crippen molar-refractivity contribution < 1.29 is 18.8 Å². The minimum absolute atomic E-state index is 0.375. The maximum atomic E-state index is 9.77. The lowest BCUT2D eigenvalue weighted by Gasteiger charge is -1.68. The molecule has 8 nitrogen and oxygen atoms in total. The molecule has 0 spiro atoms. The highest BCUT2D eigenvalue weighted by molar-refractivity contribution is 5.70. The topological polar surface area (TPSA) is 168 Å². The zero-order valence-electron chi connectivity index (χ0n) is 7.75. The molecule has 0 saturated heterocycles. The van der Waals surface area contributed by atoms with E-state index >= 15 is 0 Å². The van der Waals surface area contributed by atoms with Crippen LogP contribution < -0.4 is 22.9 Å². The van der Waals surface area contributed by atoms with E-state index in [0.29, 0.717) is 12.0 Å². The summed E-state index contributed by atoms with van der Waals surface area (Å²) >= 11 is 0. The van der Waals surface area contributed by atoms with Crippen molar-refractivity contribution in [3.8, 4) is 0 Å².